The second-order valence-electron chi connectivity index (χ2n) is 5.31. The summed E-state index contributed by atoms with van der Waals surface area (Å²) >= 11 is 5.13. The standard InChI is InChI=1S/C14H24N2O3S/c1-3-19-11(17)10(2)16-13(18)14(12(15)20)8-6-4-5-7-9-14/h10H,3-9H2,1-2H3,(H2,15,20)(H,16,18). The number of carbonyl (C=O) groups excluding carboxylic acids is 2. The van der Waals surface area contributed by atoms with Crippen molar-refractivity contribution in [2.75, 3.05) is 6.61 Å². The van der Waals surface area contributed by atoms with Crippen LogP contribution in [-0.2, 0) is 14.3 Å². The van der Waals surface area contributed by atoms with Crippen molar-refractivity contribution in [3.8, 4) is 0 Å². The molecule has 1 unspecified atom stereocenters. The van der Waals surface area contributed by atoms with Gasteiger partial charge in [0, 0.05) is 0 Å². The van der Waals surface area contributed by atoms with Gasteiger partial charge < -0.3 is 15.8 Å². The first-order valence-electron chi connectivity index (χ1n) is 7.21. The maximum atomic E-state index is 12.5. The van der Waals surface area contributed by atoms with Crippen LogP contribution < -0.4 is 11.1 Å². The van der Waals surface area contributed by atoms with E-state index in [4.69, 9.17) is 22.7 Å². The van der Waals surface area contributed by atoms with Crippen LogP contribution in [0.4, 0.5) is 0 Å². The van der Waals surface area contributed by atoms with Crippen LogP contribution in [0.15, 0.2) is 0 Å². The minimum absolute atomic E-state index is 0.230. The van der Waals surface area contributed by atoms with Crippen LogP contribution in [0.2, 0.25) is 0 Å². The van der Waals surface area contributed by atoms with Crippen molar-refractivity contribution in [2.45, 2.75) is 58.4 Å². The van der Waals surface area contributed by atoms with Crippen LogP contribution in [0.3, 0.4) is 0 Å². The highest BCUT2D eigenvalue weighted by molar-refractivity contribution is 7.80. The van der Waals surface area contributed by atoms with E-state index in [0.29, 0.717) is 19.4 Å². The minimum Gasteiger partial charge on any atom is -0.464 e. The van der Waals surface area contributed by atoms with Crippen molar-refractivity contribution in [1.29, 1.82) is 0 Å². The fourth-order valence-corrected chi connectivity index (χ4v) is 2.88. The van der Waals surface area contributed by atoms with Crippen molar-refractivity contribution >= 4 is 29.1 Å². The van der Waals surface area contributed by atoms with E-state index in [2.05, 4.69) is 5.32 Å². The fourth-order valence-electron chi connectivity index (χ4n) is 2.58. The van der Waals surface area contributed by atoms with Gasteiger partial charge in [-0.2, -0.15) is 0 Å². The van der Waals surface area contributed by atoms with Gasteiger partial charge in [-0.25, -0.2) is 4.79 Å². The third kappa shape index (κ3) is 3.91. The van der Waals surface area contributed by atoms with E-state index in [1.807, 2.05) is 0 Å². The zero-order valence-corrected chi connectivity index (χ0v) is 13.1. The molecule has 0 heterocycles. The van der Waals surface area contributed by atoms with E-state index >= 15 is 0 Å². The lowest BCUT2D eigenvalue weighted by atomic mass is 9.79. The fraction of sp³-hybridized carbons (Fsp3) is 0.786. The Balaban J connectivity index is 2.79. The summed E-state index contributed by atoms with van der Waals surface area (Å²) in [4.78, 5) is 24.4. The molecule has 1 rings (SSSR count). The summed E-state index contributed by atoms with van der Waals surface area (Å²) in [5.74, 6) is -0.681. The molecule has 0 bridgehead atoms. The molecule has 5 nitrogen and oxygen atoms in total. The van der Waals surface area contributed by atoms with Gasteiger partial charge in [-0.1, -0.05) is 37.9 Å². The van der Waals surface area contributed by atoms with Gasteiger partial charge >= 0.3 is 5.97 Å². The molecule has 0 aromatic rings. The van der Waals surface area contributed by atoms with Crippen LogP contribution in [0, 0.1) is 5.41 Å². The van der Waals surface area contributed by atoms with Crippen molar-refractivity contribution in [2.24, 2.45) is 11.1 Å². The third-order valence-electron chi connectivity index (χ3n) is 3.85. The molecule has 0 spiro atoms. The smallest absolute Gasteiger partial charge is 0.328 e. The second kappa shape index (κ2) is 7.57. The summed E-state index contributed by atoms with van der Waals surface area (Å²) in [5, 5.41) is 2.70. The van der Waals surface area contributed by atoms with Crippen molar-refractivity contribution in [3.63, 3.8) is 0 Å². The highest BCUT2D eigenvalue weighted by Gasteiger charge is 2.42. The molecule has 1 aliphatic rings. The average Bonchev–Trinajstić information content (AvgIpc) is 2.65. The lowest BCUT2D eigenvalue weighted by molar-refractivity contribution is -0.147. The van der Waals surface area contributed by atoms with Gasteiger partial charge in [0.2, 0.25) is 5.91 Å². The molecule has 20 heavy (non-hydrogen) atoms. The maximum Gasteiger partial charge on any atom is 0.328 e. The molecule has 1 saturated carbocycles. The molecule has 0 aliphatic heterocycles. The highest BCUT2D eigenvalue weighted by Crippen LogP contribution is 2.35. The molecular weight excluding hydrogens is 276 g/mol. The van der Waals surface area contributed by atoms with Gasteiger partial charge in [0.05, 0.1) is 17.0 Å². The van der Waals surface area contributed by atoms with Gasteiger partial charge in [-0.15, -0.1) is 0 Å². The molecule has 1 aliphatic carbocycles. The van der Waals surface area contributed by atoms with Crippen LogP contribution in [-0.4, -0.2) is 29.5 Å². The van der Waals surface area contributed by atoms with Crippen LogP contribution >= 0.6 is 12.2 Å². The molecule has 114 valence electrons. The normalized spacial score (nSPS) is 19.5. The summed E-state index contributed by atoms with van der Waals surface area (Å²) in [5.41, 5.74) is 5.02. The summed E-state index contributed by atoms with van der Waals surface area (Å²) < 4.78 is 4.89. The van der Waals surface area contributed by atoms with Crippen LogP contribution in [0.1, 0.15) is 52.4 Å². The number of thiocarbonyl (C=S) groups is 1. The maximum absolute atomic E-state index is 12.5. The van der Waals surface area contributed by atoms with E-state index in [-0.39, 0.29) is 10.9 Å². The average molecular weight is 300 g/mol. The van der Waals surface area contributed by atoms with E-state index in [1.54, 1.807) is 13.8 Å². The Morgan fingerprint density at radius 3 is 2.30 bits per heavy atom. The Labute approximate surface area is 125 Å². The quantitative estimate of drug-likeness (QED) is 0.459. The lowest BCUT2D eigenvalue weighted by Crippen LogP contribution is -2.52. The minimum atomic E-state index is -0.813. The Bertz CT molecular complexity index is 377. The van der Waals surface area contributed by atoms with Gasteiger partial charge in [0.1, 0.15) is 6.04 Å². The van der Waals surface area contributed by atoms with Crippen molar-refractivity contribution in [3.05, 3.63) is 0 Å². The molecule has 0 saturated heterocycles. The van der Waals surface area contributed by atoms with E-state index in [0.717, 1.165) is 25.7 Å². The predicted octanol–water partition coefficient (Wildman–Crippen LogP) is 1.68. The first-order chi connectivity index (χ1) is 9.44. The summed E-state index contributed by atoms with van der Waals surface area (Å²) in [6.07, 6.45) is 5.35. The summed E-state index contributed by atoms with van der Waals surface area (Å²) in [7, 11) is 0. The highest BCUT2D eigenvalue weighted by atomic mass is 32.1. The molecule has 1 atom stereocenters. The number of carbonyl (C=O) groups is 2. The first kappa shape index (κ1) is 16.9. The van der Waals surface area contributed by atoms with Gasteiger partial charge in [-0.05, 0) is 26.7 Å². The Hall–Kier alpha value is -1.17. The molecule has 0 aromatic carbocycles. The van der Waals surface area contributed by atoms with Gasteiger partial charge in [-0.3, -0.25) is 4.79 Å². The van der Waals surface area contributed by atoms with Crippen molar-refractivity contribution < 1.29 is 14.3 Å². The number of nitrogens with one attached hydrogen (secondary N) is 1. The number of hydrogen-bond donors (Lipinski definition) is 2. The number of hydrogen-bond acceptors (Lipinski definition) is 4. The van der Waals surface area contributed by atoms with E-state index in [1.165, 1.54) is 0 Å². The summed E-state index contributed by atoms with van der Waals surface area (Å²) in [6.45, 7) is 3.63. The zero-order valence-electron chi connectivity index (χ0n) is 12.2. The molecule has 1 amide bonds. The first-order valence-corrected chi connectivity index (χ1v) is 7.62. The molecule has 6 heteroatoms. The molecule has 1 fully saturated rings. The largest absolute Gasteiger partial charge is 0.464 e. The van der Waals surface area contributed by atoms with Crippen molar-refractivity contribution in [1.82, 2.24) is 5.32 Å². The molecular formula is C14H24N2O3S. The number of esters is 1. The second-order valence-corrected chi connectivity index (χ2v) is 5.75. The molecule has 0 aromatic heterocycles. The van der Waals surface area contributed by atoms with Gasteiger partial charge in [0.15, 0.2) is 0 Å². The zero-order chi connectivity index (χ0) is 15.2. The number of nitrogens with two attached hydrogens (primary N) is 1. The predicted molar refractivity (Wildman–Crippen MR) is 81.2 cm³/mol. The third-order valence-corrected chi connectivity index (χ3v) is 4.24. The van der Waals surface area contributed by atoms with Gasteiger partial charge in [0.25, 0.3) is 0 Å². The number of ether oxygens (including phenoxy) is 1. The monoisotopic (exact) mass is 300 g/mol. The Morgan fingerprint density at radius 1 is 1.30 bits per heavy atom. The Morgan fingerprint density at radius 2 is 1.85 bits per heavy atom. The number of amides is 1. The van der Waals surface area contributed by atoms with E-state index in [9.17, 15) is 9.59 Å². The summed E-state index contributed by atoms with van der Waals surface area (Å²) in [6, 6.07) is -0.683. The van der Waals surface area contributed by atoms with Crippen LogP contribution in [0.25, 0.3) is 0 Å². The SMILES string of the molecule is CCOC(=O)C(C)NC(=O)C1(C(N)=S)CCCCCC1. The molecule has 0 radical (unpaired) electrons. The Kier molecular flexibility index (Phi) is 6.39. The van der Waals surface area contributed by atoms with E-state index < -0.39 is 17.4 Å². The van der Waals surface area contributed by atoms with Crippen LogP contribution in [0.5, 0.6) is 0 Å². The lowest BCUT2D eigenvalue weighted by Gasteiger charge is -2.31. The molecule has 3 N–H and O–H groups in total. The number of rotatable bonds is 5. The topological polar surface area (TPSA) is 81.4 Å².